The molecule has 6 nitrogen and oxygen atoms in total. The molecular weight excluding hydrogens is 477 g/mol. The van der Waals surface area contributed by atoms with Crippen molar-refractivity contribution in [1.82, 2.24) is 15.2 Å². The number of imide groups is 1. The van der Waals surface area contributed by atoms with Gasteiger partial charge in [0, 0.05) is 53.2 Å². The van der Waals surface area contributed by atoms with Crippen LogP contribution in [0.2, 0.25) is 5.02 Å². The van der Waals surface area contributed by atoms with Crippen LogP contribution in [0.15, 0.2) is 30.5 Å². The maximum absolute atomic E-state index is 14.3. The average Bonchev–Trinajstić information content (AvgIpc) is 3.50. The number of carbonyl (C=O) groups excluding carboxylic acids is 2. The van der Waals surface area contributed by atoms with Crippen LogP contribution in [0.1, 0.15) is 42.7 Å². The summed E-state index contributed by atoms with van der Waals surface area (Å²) in [5.41, 5.74) is 3.23. The van der Waals surface area contributed by atoms with E-state index >= 15 is 0 Å². The zero-order valence-corrected chi connectivity index (χ0v) is 20.5. The zero-order valence-electron chi connectivity index (χ0n) is 18.9. The Hall–Kier alpha value is -2.55. The number of rotatable bonds is 6. The van der Waals surface area contributed by atoms with Crippen molar-refractivity contribution in [2.45, 2.75) is 51.4 Å². The number of carbonyl (C=O) groups is 2. The van der Waals surface area contributed by atoms with E-state index in [1.165, 1.54) is 16.2 Å². The van der Waals surface area contributed by atoms with Crippen LogP contribution in [-0.2, 0) is 9.59 Å². The number of hydrogen-bond acceptors (Lipinski definition) is 6. The third kappa shape index (κ3) is 4.08. The molecule has 178 valence electrons. The zero-order chi connectivity index (χ0) is 24.0. The highest BCUT2D eigenvalue weighted by Gasteiger charge is 2.36. The van der Waals surface area contributed by atoms with E-state index in [-0.39, 0.29) is 37.2 Å². The molecule has 2 aliphatic rings. The van der Waals surface area contributed by atoms with Crippen LogP contribution in [0.25, 0.3) is 21.3 Å². The number of hydrogen-bond donors (Lipinski definition) is 1. The summed E-state index contributed by atoms with van der Waals surface area (Å²) < 4.78 is 21.4. The average molecular weight is 502 g/mol. The lowest BCUT2D eigenvalue weighted by Crippen LogP contribution is -2.32. The Balaban J connectivity index is 1.61. The van der Waals surface area contributed by atoms with Crippen molar-refractivity contribution in [1.29, 1.82) is 0 Å². The summed E-state index contributed by atoms with van der Waals surface area (Å²) in [4.78, 5) is 31.6. The van der Waals surface area contributed by atoms with Crippen molar-refractivity contribution in [3.8, 4) is 16.9 Å². The molecule has 3 aromatic rings. The van der Waals surface area contributed by atoms with Crippen LogP contribution >= 0.6 is 22.9 Å². The molecule has 1 N–H and O–H groups in total. The normalized spacial score (nSPS) is 21.6. The third-order valence-corrected chi connectivity index (χ3v) is 7.91. The fraction of sp³-hybridized carbons (Fsp3) is 0.400. The second kappa shape index (κ2) is 9.24. The first kappa shape index (κ1) is 23.2. The number of pyridine rings is 1. The van der Waals surface area contributed by atoms with Crippen LogP contribution < -0.4 is 10.1 Å². The van der Waals surface area contributed by atoms with E-state index in [4.69, 9.17) is 16.3 Å². The van der Waals surface area contributed by atoms with Crippen LogP contribution in [0.3, 0.4) is 0 Å². The van der Waals surface area contributed by atoms with E-state index in [0.29, 0.717) is 23.7 Å². The Morgan fingerprint density at radius 2 is 2.00 bits per heavy atom. The first-order valence-electron chi connectivity index (χ1n) is 11.4. The largest absolute Gasteiger partial charge is 0.485 e. The number of thiophene rings is 1. The van der Waals surface area contributed by atoms with E-state index in [9.17, 15) is 14.0 Å². The number of nitrogens with one attached hydrogen (secondary N) is 1. The first-order valence-corrected chi connectivity index (χ1v) is 12.6. The lowest BCUT2D eigenvalue weighted by atomic mass is 10.0. The van der Waals surface area contributed by atoms with Gasteiger partial charge in [-0.25, -0.2) is 4.39 Å². The lowest BCUT2D eigenvalue weighted by molar-refractivity contribution is -0.141. The van der Waals surface area contributed by atoms with Gasteiger partial charge in [-0.05, 0) is 43.2 Å². The molecule has 2 amide bonds. The monoisotopic (exact) mass is 501 g/mol. The van der Waals surface area contributed by atoms with Crippen molar-refractivity contribution < 1.29 is 18.7 Å². The minimum absolute atomic E-state index is 0.130. The quantitative estimate of drug-likeness (QED) is 0.469. The Morgan fingerprint density at radius 3 is 2.68 bits per heavy atom. The molecule has 3 atom stereocenters. The molecule has 1 unspecified atom stereocenters. The van der Waals surface area contributed by atoms with Crippen LogP contribution in [0.5, 0.6) is 5.75 Å². The fourth-order valence-electron chi connectivity index (χ4n) is 4.76. The number of alkyl halides is 1. The minimum Gasteiger partial charge on any atom is -0.485 e. The molecule has 0 aliphatic carbocycles. The SMILES string of the molecule is CCC(c1cc2nccc(-c3cc(Cl)cc(C)c3O[C@@H]3CNC[C@@H]3F)c2s1)N1C(=O)CCC1=O. The van der Waals surface area contributed by atoms with Crippen molar-refractivity contribution in [3.63, 3.8) is 0 Å². The Morgan fingerprint density at radius 1 is 1.24 bits per heavy atom. The minimum atomic E-state index is -1.09. The molecule has 9 heteroatoms. The number of likely N-dealkylation sites (tertiary alicyclic amines) is 1. The number of nitrogens with zero attached hydrogens (tertiary/aromatic N) is 2. The standard InChI is InChI=1S/C25H25ClFN3O3S/c1-3-19(30-22(31)4-5-23(30)32)21-10-18-25(34-21)15(6-7-29-18)16-9-14(26)8-13(2)24(16)33-20-12-28-11-17(20)27/h6-10,17,19-20,28H,3-5,11-12H2,1-2H3/t17-,19?,20+/m0/s1. The van der Waals surface area contributed by atoms with Gasteiger partial charge >= 0.3 is 0 Å². The van der Waals surface area contributed by atoms with Crippen LogP contribution in [0.4, 0.5) is 4.39 Å². The molecule has 2 aromatic heterocycles. The summed E-state index contributed by atoms with van der Waals surface area (Å²) in [6.45, 7) is 4.58. The Kier molecular flexibility index (Phi) is 6.31. The van der Waals surface area contributed by atoms with E-state index < -0.39 is 12.3 Å². The van der Waals surface area contributed by atoms with Gasteiger partial charge < -0.3 is 10.1 Å². The molecule has 0 radical (unpaired) electrons. The summed E-state index contributed by atoms with van der Waals surface area (Å²) in [6.07, 6.45) is 1.20. The number of fused-ring (bicyclic) bond motifs is 1. The van der Waals surface area contributed by atoms with Gasteiger partial charge in [0.15, 0.2) is 6.17 Å². The van der Waals surface area contributed by atoms with Gasteiger partial charge in [0.05, 0.1) is 16.3 Å². The summed E-state index contributed by atoms with van der Waals surface area (Å²) in [5.74, 6) is 0.337. The van der Waals surface area contributed by atoms with Gasteiger partial charge in [0.2, 0.25) is 11.8 Å². The van der Waals surface area contributed by atoms with Crippen molar-refractivity contribution in [2.24, 2.45) is 0 Å². The van der Waals surface area contributed by atoms with E-state index in [1.54, 1.807) is 6.20 Å². The smallest absolute Gasteiger partial charge is 0.230 e. The molecule has 2 saturated heterocycles. The number of aryl methyl sites for hydroxylation is 1. The van der Waals surface area contributed by atoms with Crippen molar-refractivity contribution in [2.75, 3.05) is 13.1 Å². The molecule has 0 spiro atoms. The van der Waals surface area contributed by atoms with Gasteiger partial charge in [0.25, 0.3) is 0 Å². The highest BCUT2D eigenvalue weighted by Crippen LogP contribution is 2.44. The number of amides is 2. The van der Waals surface area contributed by atoms with Gasteiger partial charge in [0.1, 0.15) is 11.9 Å². The van der Waals surface area contributed by atoms with E-state index in [0.717, 1.165) is 31.8 Å². The summed E-state index contributed by atoms with van der Waals surface area (Å²) >= 11 is 7.94. The first-order chi connectivity index (χ1) is 16.4. The highest BCUT2D eigenvalue weighted by molar-refractivity contribution is 7.19. The molecule has 0 bridgehead atoms. The molecule has 5 rings (SSSR count). The maximum atomic E-state index is 14.3. The third-order valence-electron chi connectivity index (χ3n) is 6.43. The van der Waals surface area contributed by atoms with Gasteiger partial charge in [-0.1, -0.05) is 18.5 Å². The maximum Gasteiger partial charge on any atom is 0.230 e. The number of ether oxygens (including phenoxy) is 1. The number of benzene rings is 1. The molecular formula is C25H25ClFN3O3S. The van der Waals surface area contributed by atoms with Gasteiger partial charge in [-0.15, -0.1) is 11.3 Å². The predicted octanol–water partition coefficient (Wildman–Crippen LogP) is 5.21. The van der Waals surface area contributed by atoms with Crippen molar-refractivity contribution >= 4 is 45.0 Å². The predicted molar refractivity (Wildman–Crippen MR) is 131 cm³/mol. The topological polar surface area (TPSA) is 71.5 Å². The van der Waals surface area contributed by atoms with E-state index in [2.05, 4.69) is 10.3 Å². The molecule has 0 saturated carbocycles. The second-order valence-corrected chi connectivity index (χ2v) is 10.3. The molecule has 2 aliphatic heterocycles. The van der Waals surface area contributed by atoms with Crippen molar-refractivity contribution in [3.05, 3.63) is 45.9 Å². The summed E-state index contributed by atoms with van der Waals surface area (Å²) in [7, 11) is 0. The van der Waals surface area contributed by atoms with Gasteiger partial charge in [-0.3, -0.25) is 19.5 Å². The fourth-order valence-corrected chi connectivity index (χ4v) is 6.35. The molecule has 34 heavy (non-hydrogen) atoms. The lowest BCUT2D eigenvalue weighted by Gasteiger charge is -2.23. The Labute approximate surface area is 206 Å². The number of aromatic nitrogens is 1. The molecule has 2 fully saturated rings. The van der Waals surface area contributed by atoms with Crippen LogP contribution in [0, 0.1) is 6.92 Å². The molecule has 4 heterocycles. The summed E-state index contributed by atoms with van der Waals surface area (Å²) in [6, 6.07) is 7.17. The number of halogens is 2. The highest BCUT2D eigenvalue weighted by atomic mass is 35.5. The van der Waals surface area contributed by atoms with E-state index in [1.807, 2.05) is 38.1 Å². The second-order valence-electron chi connectivity index (χ2n) is 8.73. The van der Waals surface area contributed by atoms with Gasteiger partial charge in [-0.2, -0.15) is 0 Å². The molecule has 1 aromatic carbocycles. The Bertz CT molecular complexity index is 1260. The summed E-state index contributed by atoms with van der Waals surface area (Å²) in [5, 5.41) is 3.58. The van der Waals surface area contributed by atoms with Crippen LogP contribution in [-0.4, -0.2) is 47.1 Å².